The van der Waals surface area contributed by atoms with Crippen molar-refractivity contribution in [3.8, 4) is 0 Å². The van der Waals surface area contributed by atoms with Crippen LogP contribution in [0.1, 0.15) is 15.9 Å². The van der Waals surface area contributed by atoms with E-state index in [0.717, 1.165) is 31.6 Å². The molecule has 0 aliphatic carbocycles. The molecule has 0 aliphatic heterocycles. The number of fused-ring (bicyclic) bond motifs is 1. The second-order valence-corrected chi connectivity index (χ2v) is 5.14. The molecule has 0 saturated heterocycles. The predicted octanol–water partition coefficient (Wildman–Crippen LogP) is 4.26. The smallest absolute Gasteiger partial charge is 0.150 e. The Balaban J connectivity index is 2.78. The van der Waals surface area contributed by atoms with Gasteiger partial charge in [-0.15, -0.1) is 11.3 Å². The lowest BCUT2D eigenvalue weighted by Crippen LogP contribution is -1.83. The van der Waals surface area contributed by atoms with Crippen LogP contribution in [0.25, 0.3) is 10.1 Å². The van der Waals surface area contributed by atoms with Gasteiger partial charge < -0.3 is 0 Å². The Morgan fingerprint density at radius 2 is 2.21 bits per heavy atom. The summed E-state index contributed by atoms with van der Waals surface area (Å²) in [4.78, 5) is 10.7. The van der Waals surface area contributed by atoms with Gasteiger partial charge in [-0.2, -0.15) is 0 Å². The number of thiophene rings is 1. The summed E-state index contributed by atoms with van der Waals surface area (Å²) in [6, 6.07) is 5.63. The Labute approximate surface area is 98.8 Å². The van der Waals surface area contributed by atoms with Crippen LogP contribution in [0.5, 0.6) is 0 Å². The fourth-order valence-corrected chi connectivity index (χ4v) is 3.24. The lowest BCUT2D eigenvalue weighted by molar-refractivity contribution is 0.112. The molecule has 0 unspecified atom stereocenters. The van der Waals surface area contributed by atoms with Gasteiger partial charge in [0, 0.05) is 15.6 Å². The maximum absolute atomic E-state index is 10.7. The molecule has 0 bridgehead atoms. The molecule has 0 amide bonds. The molecule has 1 heterocycles. The van der Waals surface area contributed by atoms with Crippen molar-refractivity contribution in [2.75, 3.05) is 0 Å². The Kier molecular flexibility index (Phi) is 2.91. The third-order valence-electron chi connectivity index (χ3n) is 1.97. The highest BCUT2D eigenvalue weighted by Gasteiger charge is 2.06. The van der Waals surface area contributed by atoms with E-state index in [1.54, 1.807) is 11.3 Å². The summed E-state index contributed by atoms with van der Waals surface area (Å²) < 4.78 is 1.91. The largest absolute Gasteiger partial charge is 0.298 e. The number of carbonyl (C=O) groups is 1. The second kappa shape index (κ2) is 4.01. The number of hydrogen-bond acceptors (Lipinski definition) is 2. The number of halogens is 2. The van der Waals surface area contributed by atoms with Crippen LogP contribution in [0.15, 0.2) is 18.2 Å². The first-order valence-corrected chi connectivity index (χ1v) is 6.29. The van der Waals surface area contributed by atoms with Crippen molar-refractivity contribution in [3.05, 3.63) is 33.7 Å². The molecule has 0 saturated carbocycles. The zero-order valence-corrected chi connectivity index (χ0v) is 10.2. The van der Waals surface area contributed by atoms with Crippen molar-refractivity contribution >= 4 is 55.2 Å². The molecule has 1 aromatic carbocycles. The van der Waals surface area contributed by atoms with E-state index in [2.05, 4.69) is 15.9 Å². The zero-order chi connectivity index (χ0) is 10.1. The van der Waals surface area contributed by atoms with Gasteiger partial charge in [0.25, 0.3) is 0 Å². The number of hydrogen-bond donors (Lipinski definition) is 0. The van der Waals surface area contributed by atoms with E-state index in [9.17, 15) is 4.79 Å². The number of benzene rings is 1. The van der Waals surface area contributed by atoms with Gasteiger partial charge in [-0.1, -0.05) is 27.5 Å². The molecule has 72 valence electrons. The average molecular weight is 290 g/mol. The van der Waals surface area contributed by atoms with Crippen molar-refractivity contribution in [2.24, 2.45) is 0 Å². The number of aldehydes is 1. The Bertz CT molecular complexity index is 492. The highest BCUT2D eigenvalue weighted by atomic mass is 79.9. The van der Waals surface area contributed by atoms with E-state index in [0.29, 0.717) is 5.56 Å². The molecule has 1 aromatic heterocycles. The Hall–Kier alpha value is -0.380. The first kappa shape index (κ1) is 10.1. The quantitative estimate of drug-likeness (QED) is 0.596. The molecule has 14 heavy (non-hydrogen) atoms. The van der Waals surface area contributed by atoms with Crippen LogP contribution in [0, 0.1) is 0 Å². The average Bonchev–Trinajstić information content (AvgIpc) is 2.56. The van der Waals surface area contributed by atoms with Crippen molar-refractivity contribution in [2.45, 2.75) is 5.33 Å². The van der Waals surface area contributed by atoms with Crippen molar-refractivity contribution in [1.82, 2.24) is 0 Å². The summed E-state index contributed by atoms with van der Waals surface area (Å²) in [7, 11) is 0. The van der Waals surface area contributed by atoms with Crippen LogP contribution < -0.4 is 0 Å². The Morgan fingerprint density at radius 3 is 2.86 bits per heavy atom. The standard InChI is InChI=1S/C10H6BrClOS/c11-4-8-2-6(5-13)1-7-3-9(12)14-10(7)8/h1-3,5H,4H2. The molecule has 0 spiro atoms. The normalized spacial score (nSPS) is 10.7. The summed E-state index contributed by atoms with van der Waals surface area (Å²) >= 11 is 10.9. The number of carbonyl (C=O) groups excluding carboxylic acids is 1. The minimum absolute atomic E-state index is 0.696. The first-order chi connectivity index (χ1) is 6.74. The van der Waals surface area contributed by atoms with E-state index < -0.39 is 0 Å². The minimum Gasteiger partial charge on any atom is -0.298 e. The van der Waals surface area contributed by atoms with Gasteiger partial charge in [0.1, 0.15) is 6.29 Å². The summed E-state index contributed by atoms with van der Waals surface area (Å²) in [5.74, 6) is 0. The summed E-state index contributed by atoms with van der Waals surface area (Å²) in [5.41, 5.74) is 1.81. The van der Waals surface area contributed by atoms with Crippen LogP contribution in [-0.2, 0) is 5.33 Å². The van der Waals surface area contributed by atoms with Gasteiger partial charge >= 0.3 is 0 Å². The molecule has 0 atom stereocenters. The maximum atomic E-state index is 10.7. The number of alkyl halides is 1. The van der Waals surface area contributed by atoms with Crippen LogP contribution in [0.3, 0.4) is 0 Å². The van der Waals surface area contributed by atoms with E-state index in [1.807, 2.05) is 18.2 Å². The highest BCUT2D eigenvalue weighted by molar-refractivity contribution is 9.08. The van der Waals surface area contributed by atoms with E-state index >= 15 is 0 Å². The van der Waals surface area contributed by atoms with Crippen LogP contribution in [0.2, 0.25) is 4.34 Å². The molecule has 0 radical (unpaired) electrons. The maximum Gasteiger partial charge on any atom is 0.150 e. The molecule has 0 fully saturated rings. The van der Waals surface area contributed by atoms with Gasteiger partial charge in [-0.25, -0.2) is 0 Å². The van der Waals surface area contributed by atoms with Gasteiger partial charge in [0.15, 0.2) is 0 Å². The molecule has 1 nitrogen and oxygen atoms in total. The van der Waals surface area contributed by atoms with Crippen molar-refractivity contribution in [3.63, 3.8) is 0 Å². The molecular formula is C10H6BrClOS. The van der Waals surface area contributed by atoms with E-state index in [4.69, 9.17) is 11.6 Å². The molecular weight excluding hydrogens is 284 g/mol. The van der Waals surface area contributed by atoms with Gasteiger partial charge in [-0.3, -0.25) is 4.79 Å². The van der Waals surface area contributed by atoms with Gasteiger partial charge in [0.05, 0.1) is 4.34 Å². The predicted molar refractivity (Wildman–Crippen MR) is 64.9 cm³/mol. The molecule has 2 rings (SSSR count). The SMILES string of the molecule is O=Cc1cc(CBr)c2sc(Cl)cc2c1. The van der Waals surface area contributed by atoms with Crippen LogP contribution in [-0.4, -0.2) is 6.29 Å². The highest BCUT2D eigenvalue weighted by Crippen LogP contribution is 2.33. The third kappa shape index (κ3) is 1.72. The third-order valence-corrected chi connectivity index (χ3v) is 3.93. The summed E-state index contributed by atoms with van der Waals surface area (Å²) in [6.45, 7) is 0. The molecule has 0 aliphatic rings. The monoisotopic (exact) mass is 288 g/mol. The Morgan fingerprint density at radius 1 is 1.43 bits per heavy atom. The summed E-state index contributed by atoms with van der Waals surface area (Å²) in [5, 5.41) is 1.78. The van der Waals surface area contributed by atoms with Crippen LogP contribution >= 0.6 is 38.9 Å². The van der Waals surface area contributed by atoms with E-state index in [-0.39, 0.29) is 0 Å². The second-order valence-electron chi connectivity index (χ2n) is 2.90. The number of rotatable bonds is 2. The zero-order valence-electron chi connectivity index (χ0n) is 7.09. The van der Waals surface area contributed by atoms with Crippen molar-refractivity contribution in [1.29, 1.82) is 0 Å². The minimum atomic E-state index is 0.696. The van der Waals surface area contributed by atoms with Gasteiger partial charge in [-0.05, 0) is 29.1 Å². The van der Waals surface area contributed by atoms with E-state index in [1.165, 1.54) is 0 Å². The fraction of sp³-hybridized carbons (Fsp3) is 0.100. The first-order valence-electron chi connectivity index (χ1n) is 3.97. The van der Waals surface area contributed by atoms with Gasteiger partial charge in [0.2, 0.25) is 0 Å². The lowest BCUT2D eigenvalue weighted by atomic mass is 10.1. The molecule has 2 aromatic rings. The van der Waals surface area contributed by atoms with Crippen molar-refractivity contribution < 1.29 is 4.79 Å². The molecule has 0 N–H and O–H groups in total. The fourth-order valence-electron chi connectivity index (χ4n) is 1.39. The summed E-state index contributed by atoms with van der Waals surface area (Å²) in [6.07, 6.45) is 0.858. The topological polar surface area (TPSA) is 17.1 Å². The molecule has 4 heteroatoms. The lowest BCUT2D eigenvalue weighted by Gasteiger charge is -1.99. The van der Waals surface area contributed by atoms with Crippen LogP contribution in [0.4, 0.5) is 0 Å².